The Bertz CT molecular complexity index is 769. The van der Waals surface area contributed by atoms with E-state index in [-0.39, 0.29) is 21.4 Å². The van der Waals surface area contributed by atoms with Gasteiger partial charge in [-0.25, -0.2) is 0 Å². The Hall–Kier alpha value is -2.17. The van der Waals surface area contributed by atoms with Gasteiger partial charge in [0.25, 0.3) is 0 Å². The lowest BCUT2D eigenvalue weighted by Crippen LogP contribution is -1.96. The lowest BCUT2D eigenvalue weighted by Gasteiger charge is -2.07. The Balaban J connectivity index is 2.28. The Kier molecular flexibility index (Phi) is 5.53. The average Bonchev–Trinajstić information content (AvgIpc) is 2.55. The van der Waals surface area contributed by atoms with Crippen LogP contribution in [0.5, 0.6) is 17.2 Å². The highest BCUT2D eigenvalue weighted by atomic mass is 35.5. The van der Waals surface area contributed by atoms with Crippen molar-refractivity contribution in [2.24, 2.45) is 0 Å². The number of phenolic OH excluding ortho intramolecular Hbond substituents is 1. The minimum atomic E-state index is -0.415. The number of allylic oxidation sites excluding steroid dienone is 1. The summed E-state index contributed by atoms with van der Waals surface area (Å²) in [5, 5.41) is 10.2. The number of halogens is 2. The number of carbonyl (C=O) groups excluding carboxylic acids is 1. The van der Waals surface area contributed by atoms with Crippen molar-refractivity contribution < 1.29 is 19.4 Å². The molecule has 0 saturated heterocycles. The zero-order chi connectivity index (χ0) is 17.0. The van der Waals surface area contributed by atoms with Gasteiger partial charge >= 0.3 is 0 Å². The van der Waals surface area contributed by atoms with E-state index in [1.807, 2.05) is 0 Å². The van der Waals surface area contributed by atoms with Crippen molar-refractivity contribution >= 4 is 35.1 Å². The highest BCUT2D eigenvalue weighted by molar-refractivity contribution is 6.36. The molecule has 0 radical (unpaired) electrons. The van der Waals surface area contributed by atoms with Gasteiger partial charge in [-0.2, -0.15) is 0 Å². The summed E-state index contributed by atoms with van der Waals surface area (Å²) in [7, 11) is 3.07. The summed E-state index contributed by atoms with van der Waals surface area (Å²) in [4.78, 5) is 12.2. The first-order chi connectivity index (χ1) is 11.0. The van der Waals surface area contributed by atoms with Gasteiger partial charge in [-0.3, -0.25) is 4.79 Å². The third kappa shape index (κ3) is 3.97. The summed E-state index contributed by atoms with van der Waals surface area (Å²) in [6, 6.07) is 7.97. The van der Waals surface area contributed by atoms with E-state index >= 15 is 0 Å². The standard InChI is InChI=1S/C17H14Cl2O4/c1-22-15-6-4-10(7-16(15)23-2)3-5-14(20)12-8-11(18)9-13(19)17(12)21/h3-9,21H,1-2H3. The number of phenols is 1. The van der Waals surface area contributed by atoms with Gasteiger partial charge in [-0.05, 0) is 35.9 Å². The molecular formula is C17H14Cl2O4. The van der Waals surface area contributed by atoms with E-state index in [0.29, 0.717) is 11.5 Å². The van der Waals surface area contributed by atoms with Crippen LogP contribution in [0.3, 0.4) is 0 Å². The molecule has 2 aromatic rings. The van der Waals surface area contributed by atoms with E-state index in [1.54, 1.807) is 31.4 Å². The van der Waals surface area contributed by atoms with Crippen molar-refractivity contribution in [2.75, 3.05) is 14.2 Å². The molecule has 0 bridgehead atoms. The molecule has 0 aromatic heterocycles. The fraction of sp³-hybridized carbons (Fsp3) is 0.118. The molecule has 0 aliphatic carbocycles. The quantitative estimate of drug-likeness (QED) is 0.630. The molecule has 0 atom stereocenters. The second kappa shape index (κ2) is 7.40. The third-order valence-electron chi connectivity index (χ3n) is 3.13. The first kappa shape index (κ1) is 17.2. The first-order valence-corrected chi connectivity index (χ1v) is 7.34. The minimum Gasteiger partial charge on any atom is -0.506 e. The van der Waals surface area contributed by atoms with Gasteiger partial charge in [0.05, 0.1) is 24.8 Å². The van der Waals surface area contributed by atoms with Crippen molar-refractivity contribution in [1.29, 1.82) is 0 Å². The van der Waals surface area contributed by atoms with Crippen LogP contribution in [0.15, 0.2) is 36.4 Å². The summed E-state index contributed by atoms with van der Waals surface area (Å²) < 4.78 is 10.3. The fourth-order valence-electron chi connectivity index (χ4n) is 1.97. The highest BCUT2D eigenvalue weighted by Gasteiger charge is 2.13. The summed E-state index contributed by atoms with van der Waals surface area (Å²) in [6.45, 7) is 0. The number of carbonyl (C=O) groups is 1. The molecule has 4 nitrogen and oxygen atoms in total. The number of methoxy groups -OCH3 is 2. The van der Waals surface area contributed by atoms with Crippen LogP contribution in [0.1, 0.15) is 15.9 Å². The van der Waals surface area contributed by atoms with Crippen LogP contribution in [-0.4, -0.2) is 25.1 Å². The van der Waals surface area contributed by atoms with Gasteiger partial charge in [-0.1, -0.05) is 35.3 Å². The third-order valence-corrected chi connectivity index (χ3v) is 3.63. The SMILES string of the molecule is COc1ccc(C=CC(=O)c2cc(Cl)cc(Cl)c2O)cc1OC. The Morgan fingerprint density at radius 1 is 1.09 bits per heavy atom. The molecule has 120 valence electrons. The number of hydrogen-bond donors (Lipinski definition) is 1. The molecule has 0 aliphatic rings. The van der Waals surface area contributed by atoms with Crippen LogP contribution in [-0.2, 0) is 0 Å². The van der Waals surface area contributed by atoms with Crippen LogP contribution in [0.4, 0.5) is 0 Å². The second-order valence-electron chi connectivity index (χ2n) is 4.60. The average molecular weight is 353 g/mol. The van der Waals surface area contributed by atoms with Crippen molar-refractivity contribution in [3.8, 4) is 17.2 Å². The zero-order valence-corrected chi connectivity index (χ0v) is 14.0. The van der Waals surface area contributed by atoms with Crippen LogP contribution in [0.25, 0.3) is 6.08 Å². The molecule has 1 N–H and O–H groups in total. The van der Waals surface area contributed by atoms with Gasteiger partial charge in [0.15, 0.2) is 17.3 Å². The predicted octanol–water partition coefficient (Wildman–Crippen LogP) is 4.61. The lowest BCUT2D eigenvalue weighted by molar-refractivity contribution is 0.104. The maximum Gasteiger partial charge on any atom is 0.189 e. The van der Waals surface area contributed by atoms with Crippen LogP contribution in [0, 0.1) is 0 Å². The molecule has 0 spiro atoms. The van der Waals surface area contributed by atoms with Crippen molar-refractivity contribution in [3.05, 3.63) is 57.6 Å². The molecule has 2 aromatic carbocycles. The number of rotatable bonds is 5. The van der Waals surface area contributed by atoms with Crippen molar-refractivity contribution in [3.63, 3.8) is 0 Å². The van der Waals surface area contributed by atoms with Crippen LogP contribution < -0.4 is 9.47 Å². The normalized spacial score (nSPS) is 10.8. The molecule has 23 heavy (non-hydrogen) atoms. The molecule has 0 fully saturated rings. The van der Waals surface area contributed by atoms with E-state index in [9.17, 15) is 9.90 Å². The lowest BCUT2D eigenvalue weighted by atomic mass is 10.1. The maximum atomic E-state index is 12.2. The van der Waals surface area contributed by atoms with Gasteiger partial charge in [0, 0.05) is 5.02 Å². The molecule has 0 heterocycles. The summed E-state index contributed by atoms with van der Waals surface area (Å²) in [5.41, 5.74) is 0.780. The summed E-state index contributed by atoms with van der Waals surface area (Å²) in [5.74, 6) is 0.436. The molecular weight excluding hydrogens is 339 g/mol. The largest absolute Gasteiger partial charge is 0.506 e. The maximum absolute atomic E-state index is 12.2. The molecule has 0 saturated carbocycles. The molecule has 0 aliphatic heterocycles. The Labute approximate surface area is 143 Å². The number of aromatic hydroxyl groups is 1. The molecule has 6 heteroatoms. The van der Waals surface area contributed by atoms with Crippen molar-refractivity contribution in [1.82, 2.24) is 0 Å². The smallest absolute Gasteiger partial charge is 0.189 e. The molecule has 0 unspecified atom stereocenters. The predicted molar refractivity (Wildman–Crippen MR) is 91.0 cm³/mol. The van der Waals surface area contributed by atoms with E-state index in [2.05, 4.69) is 0 Å². The molecule has 0 amide bonds. The van der Waals surface area contributed by atoms with Gasteiger partial charge < -0.3 is 14.6 Å². The van der Waals surface area contributed by atoms with E-state index < -0.39 is 5.78 Å². The second-order valence-corrected chi connectivity index (χ2v) is 5.44. The summed E-state index contributed by atoms with van der Waals surface area (Å²) >= 11 is 11.7. The van der Waals surface area contributed by atoms with E-state index in [0.717, 1.165) is 5.56 Å². The highest BCUT2D eigenvalue weighted by Crippen LogP contribution is 2.32. The number of hydrogen-bond acceptors (Lipinski definition) is 4. The van der Waals surface area contributed by atoms with E-state index in [4.69, 9.17) is 32.7 Å². The zero-order valence-electron chi connectivity index (χ0n) is 12.5. The van der Waals surface area contributed by atoms with Gasteiger partial charge in [0.1, 0.15) is 5.75 Å². The molecule has 2 rings (SSSR count). The van der Waals surface area contributed by atoms with E-state index in [1.165, 1.54) is 25.3 Å². The summed E-state index contributed by atoms with van der Waals surface area (Å²) in [6.07, 6.45) is 2.92. The van der Waals surface area contributed by atoms with Gasteiger partial charge in [0.2, 0.25) is 0 Å². The van der Waals surface area contributed by atoms with Crippen LogP contribution >= 0.6 is 23.2 Å². The number of ether oxygens (including phenoxy) is 2. The number of ketones is 1. The van der Waals surface area contributed by atoms with Gasteiger partial charge in [-0.15, -0.1) is 0 Å². The monoisotopic (exact) mass is 352 g/mol. The Morgan fingerprint density at radius 3 is 2.43 bits per heavy atom. The first-order valence-electron chi connectivity index (χ1n) is 6.58. The number of benzene rings is 2. The fourth-order valence-corrected chi connectivity index (χ4v) is 2.47. The van der Waals surface area contributed by atoms with Crippen LogP contribution in [0.2, 0.25) is 10.0 Å². The Morgan fingerprint density at radius 2 is 1.78 bits per heavy atom. The topological polar surface area (TPSA) is 55.8 Å². The van der Waals surface area contributed by atoms with Crippen molar-refractivity contribution in [2.45, 2.75) is 0 Å². The minimum absolute atomic E-state index is 0.0281.